The summed E-state index contributed by atoms with van der Waals surface area (Å²) in [5.41, 5.74) is 0.769. The van der Waals surface area contributed by atoms with E-state index in [9.17, 15) is 5.11 Å². The SMILES string of the molecule is OC(CNCCOCC1CC1)c1ccccc1Cl. The predicted octanol–water partition coefficient (Wildman–Crippen LogP) is 2.39. The Labute approximate surface area is 113 Å². The molecular weight excluding hydrogens is 250 g/mol. The van der Waals surface area contributed by atoms with Crippen molar-refractivity contribution in [1.29, 1.82) is 0 Å². The Kier molecular flexibility index (Phi) is 5.45. The molecule has 3 nitrogen and oxygen atoms in total. The first-order chi connectivity index (χ1) is 8.77. The van der Waals surface area contributed by atoms with Gasteiger partial charge in [-0.25, -0.2) is 0 Å². The van der Waals surface area contributed by atoms with Crippen molar-refractivity contribution in [2.75, 3.05) is 26.3 Å². The van der Waals surface area contributed by atoms with E-state index in [1.165, 1.54) is 12.8 Å². The van der Waals surface area contributed by atoms with Gasteiger partial charge in [0.15, 0.2) is 0 Å². The quantitative estimate of drug-likeness (QED) is 0.712. The Balaban J connectivity index is 1.59. The van der Waals surface area contributed by atoms with E-state index in [-0.39, 0.29) is 0 Å². The smallest absolute Gasteiger partial charge is 0.0928 e. The van der Waals surface area contributed by atoms with Crippen LogP contribution in [0.2, 0.25) is 5.02 Å². The van der Waals surface area contributed by atoms with Crippen molar-refractivity contribution in [3.05, 3.63) is 34.9 Å². The molecule has 0 saturated heterocycles. The zero-order valence-corrected chi connectivity index (χ0v) is 11.2. The van der Waals surface area contributed by atoms with Crippen LogP contribution in [0.5, 0.6) is 0 Å². The first-order valence-corrected chi connectivity index (χ1v) is 6.86. The summed E-state index contributed by atoms with van der Waals surface area (Å²) in [5, 5.41) is 13.7. The maximum Gasteiger partial charge on any atom is 0.0928 e. The molecule has 0 amide bonds. The molecule has 0 heterocycles. The third-order valence-corrected chi connectivity index (χ3v) is 3.42. The molecule has 2 N–H and O–H groups in total. The maximum absolute atomic E-state index is 9.97. The van der Waals surface area contributed by atoms with Crippen LogP contribution in [-0.4, -0.2) is 31.4 Å². The first-order valence-electron chi connectivity index (χ1n) is 6.48. The molecule has 1 aromatic rings. The lowest BCUT2D eigenvalue weighted by Crippen LogP contribution is -2.25. The molecule has 1 saturated carbocycles. The highest BCUT2D eigenvalue weighted by molar-refractivity contribution is 6.31. The topological polar surface area (TPSA) is 41.5 Å². The molecule has 0 aromatic heterocycles. The average Bonchev–Trinajstić information content (AvgIpc) is 3.18. The number of halogens is 1. The summed E-state index contributed by atoms with van der Waals surface area (Å²) in [7, 11) is 0. The molecule has 1 aromatic carbocycles. The number of hydrogen-bond acceptors (Lipinski definition) is 3. The van der Waals surface area contributed by atoms with Crippen molar-refractivity contribution >= 4 is 11.6 Å². The minimum Gasteiger partial charge on any atom is -0.387 e. The van der Waals surface area contributed by atoms with Gasteiger partial charge < -0.3 is 15.2 Å². The van der Waals surface area contributed by atoms with E-state index in [0.29, 0.717) is 18.2 Å². The molecule has 1 unspecified atom stereocenters. The monoisotopic (exact) mass is 269 g/mol. The molecule has 1 aliphatic carbocycles. The predicted molar refractivity (Wildman–Crippen MR) is 72.8 cm³/mol. The van der Waals surface area contributed by atoms with Gasteiger partial charge in [0.05, 0.1) is 12.7 Å². The fourth-order valence-corrected chi connectivity index (χ4v) is 2.03. The van der Waals surface area contributed by atoms with Gasteiger partial charge in [-0.05, 0) is 24.8 Å². The van der Waals surface area contributed by atoms with E-state index in [0.717, 1.165) is 24.6 Å². The van der Waals surface area contributed by atoms with Crippen molar-refractivity contribution < 1.29 is 9.84 Å². The van der Waals surface area contributed by atoms with Crippen molar-refractivity contribution in [3.63, 3.8) is 0 Å². The second-order valence-corrected chi connectivity index (χ2v) is 5.17. The van der Waals surface area contributed by atoms with Gasteiger partial charge >= 0.3 is 0 Å². The van der Waals surface area contributed by atoms with Crippen LogP contribution in [-0.2, 0) is 4.74 Å². The summed E-state index contributed by atoms with van der Waals surface area (Å²) < 4.78 is 5.50. The van der Waals surface area contributed by atoms with Gasteiger partial charge in [0.1, 0.15) is 0 Å². The number of rotatable bonds is 8. The number of hydrogen-bond donors (Lipinski definition) is 2. The zero-order chi connectivity index (χ0) is 12.8. The van der Waals surface area contributed by atoms with Gasteiger partial charge in [0, 0.05) is 30.3 Å². The normalized spacial score (nSPS) is 16.8. The Morgan fingerprint density at radius 3 is 2.89 bits per heavy atom. The van der Waals surface area contributed by atoms with Crippen LogP contribution in [0.15, 0.2) is 24.3 Å². The second kappa shape index (κ2) is 7.10. The summed E-state index contributed by atoms with van der Waals surface area (Å²) in [6.07, 6.45) is 2.07. The van der Waals surface area contributed by atoms with E-state index in [1.807, 2.05) is 18.2 Å². The van der Waals surface area contributed by atoms with E-state index >= 15 is 0 Å². The molecule has 1 fully saturated rings. The van der Waals surface area contributed by atoms with Crippen LogP contribution < -0.4 is 5.32 Å². The lowest BCUT2D eigenvalue weighted by molar-refractivity contribution is 0.119. The molecule has 0 spiro atoms. The van der Waals surface area contributed by atoms with Crippen LogP contribution in [0.25, 0.3) is 0 Å². The Bertz CT molecular complexity index is 369. The number of benzene rings is 1. The van der Waals surface area contributed by atoms with Crippen molar-refractivity contribution in [1.82, 2.24) is 5.32 Å². The van der Waals surface area contributed by atoms with E-state index in [2.05, 4.69) is 5.32 Å². The lowest BCUT2D eigenvalue weighted by Gasteiger charge is -2.13. The molecule has 0 radical (unpaired) electrons. The summed E-state index contributed by atoms with van der Waals surface area (Å²) in [6, 6.07) is 7.37. The minimum atomic E-state index is -0.567. The molecule has 100 valence electrons. The largest absolute Gasteiger partial charge is 0.387 e. The van der Waals surface area contributed by atoms with Crippen LogP contribution in [0, 0.1) is 5.92 Å². The van der Waals surface area contributed by atoms with Crippen molar-refractivity contribution in [2.45, 2.75) is 18.9 Å². The third kappa shape index (κ3) is 4.58. The van der Waals surface area contributed by atoms with E-state index < -0.39 is 6.10 Å². The zero-order valence-electron chi connectivity index (χ0n) is 10.4. The molecule has 18 heavy (non-hydrogen) atoms. The fourth-order valence-electron chi connectivity index (χ4n) is 1.77. The second-order valence-electron chi connectivity index (χ2n) is 4.76. The Hall–Kier alpha value is -0.610. The van der Waals surface area contributed by atoms with E-state index in [1.54, 1.807) is 6.07 Å². The standard InChI is InChI=1S/C14H20ClNO2/c15-13-4-2-1-3-12(13)14(17)9-16-7-8-18-10-11-5-6-11/h1-4,11,14,16-17H,5-10H2. The summed E-state index contributed by atoms with van der Waals surface area (Å²) in [5.74, 6) is 0.804. The highest BCUT2D eigenvalue weighted by Gasteiger charge is 2.20. The molecular formula is C14H20ClNO2. The van der Waals surface area contributed by atoms with Crippen LogP contribution in [0.4, 0.5) is 0 Å². The highest BCUT2D eigenvalue weighted by Crippen LogP contribution is 2.28. The fraction of sp³-hybridized carbons (Fsp3) is 0.571. The van der Waals surface area contributed by atoms with Gasteiger partial charge in [0.25, 0.3) is 0 Å². The summed E-state index contributed by atoms with van der Waals surface area (Å²) in [6.45, 7) is 2.84. The van der Waals surface area contributed by atoms with Gasteiger partial charge in [-0.2, -0.15) is 0 Å². The number of aliphatic hydroxyl groups is 1. The van der Waals surface area contributed by atoms with Crippen LogP contribution in [0.1, 0.15) is 24.5 Å². The highest BCUT2D eigenvalue weighted by atomic mass is 35.5. The molecule has 4 heteroatoms. The first kappa shape index (κ1) is 13.8. The molecule has 0 bridgehead atoms. The van der Waals surface area contributed by atoms with E-state index in [4.69, 9.17) is 16.3 Å². The Morgan fingerprint density at radius 2 is 2.17 bits per heavy atom. The van der Waals surface area contributed by atoms with Gasteiger partial charge in [-0.15, -0.1) is 0 Å². The molecule has 1 aliphatic rings. The number of ether oxygens (including phenoxy) is 1. The molecule has 0 aliphatic heterocycles. The number of aliphatic hydroxyl groups excluding tert-OH is 1. The van der Waals surface area contributed by atoms with Crippen LogP contribution >= 0.6 is 11.6 Å². The summed E-state index contributed by atoms with van der Waals surface area (Å²) in [4.78, 5) is 0. The van der Waals surface area contributed by atoms with Gasteiger partial charge in [-0.1, -0.05) is 29.8 Å². The third-order valence-electron chi connectivity index (χ3n) is 3.08. The Morgan fingerprint density at radius 1 is 1.39 bits per heavy atom. The molecule has 1 atom stereocenters. The minimum absolute atomic E-state index is 0.497. The van der Waals surface area contributed by atoms with Gasteiger partial charge in [0.2, 0.25) is 0 Å². The maximum atomic E-state index is 9.97. The summed E-state index contributed by atoms with van der Waals surface area (Å²) >= 11 is 6.01. The molecule has 2 rings (SSSR count). The number of nitrogens with one attached hydrogen (secondary N) is 1. The van der Waals surface area contributed by atoms with Crippen molar-refractivity contribution in [3.8, 4) is 0 Å². The van der Waals surface area contributed by atoms with Crippen molar-refractivity contribution in [2.24, 2.45) is 5.92 Å². The van der Waals surface area contributed by atoms with Crippen LogP contribution in [0.3, 0.4) is 0 Å². The lowest BCUT2D eigenvalue weighted by atomic mass is 10.1. The average molecular weight is 270 g/mol. The van der Waals surface area contributed by atoms with Gasteiger partial charge in [-0.3, -0.25) is 0 Å².